The zero-order valence-corrected chi connectivity index (χ0v) is 11.7. The smallest absolute Gasteiger partial charge is 0.340 e. The number of carbonyl (C=O) groups excluding carboxylic acids is 2. The summed E-state index contributed by atoms with van der Waals surface area (Å²) in [6.07, 6.45) is 5.14. The summed E-state index contributed by atoms with van der Waals surface area (Å²) >= 11 is 0. The van der Waals surface area contributed by atoms with Crippen molar-refractivity contribution in [2.24, 2.45) is 0 Å². The number of nitrogens with zero attached hydrogens (tertiary/aromatic N) is 2. The van der Waals surface area contributed by atoms with Crippen LogP contribution in [0.4, 0.5) is 0 Å². The molecule has 6 heteroatoms. The molecule has 0 spiro atoms. The second kappa shape index (κ2) is 6.60. The van der Waals surface area contributed by atoms with Gasteiger partial charge in [-0.1, -0.05) is 0 Å². The molecule has 0 atom stereocenters. The van der Waals surface area contributed by atoms with Crippen LogP contribution in [0.15, 0.2) is 30.7 Å². The van der Waals surface area contributed by atoms with Crippen molar-refractivity contribution in [3.05, 3.63) is 53.1 Å². The number of aryl methyl sites for hydroxylation is 1. The maximum Gasteiger partial charge on any atom is 0.340 e. The summed E-state index contributed by atoms with van der Waals surface area (Å²) in [5, 5.41) is 0. The third-order valence-corrected chi connectivity index (χ3v) is 2.91. The van der Waals surface area contributed by atoms with E-state index in [1.807, 2.05) is 0 Å². The summed E-state index contributed by atoms with van der Waals surface area (Å²) in [5.41, 5.74) is 1.77. The summed E-state index contributed by atoms with van der Waals surface area (Å²) in [5.74, 6) is -0.126. The van der Waals surface area contributed by atoms with Crippen molar-refractivity contribution in [2.75, 3.05) is 7.11 Å². The molecule has 0 amide bonds. The van der Waals surface area contributed by atoms with Gasteiger partial charge >= 0.3 is 5.97 Å². The first-order valence-electron chi connectivity index (χ1n) is 6.22. The van der Waals surface area contributed by atoms with Crippen LogP contribution in [0.2, 0.25) is 0 Å². The van der Waals surface area contributed by atoms with Crippen molar-refractivity contribution in [3.8, 4) is 5.75 Å². The van der Waals surface area contributed by atoms with Crippen LogP contribution in [0.1, 0.15) is 32.0 Å². The van der Waals surface area contributed by atoms with E-state index in [0.717, 1.165) is 0 Å². The lowest BCUT2D eigenvalue weighted by molar-refractivity contribution is 0.0470. The highest BCUT2D eigenvalue weighted by atomic mass is 16.5. The van der Waals surface area contributed by atoms with Crippen LogP contribution in [0.25, 0.3) is 0 Å². The van der Waals surface area contributed by atoms with Crippen LogP contribution in [0, 0.1) is 6.92 Å². The molecule has 21 heavy (non-hydrogen) atoms. The fourth-order valence-electron chi connectivity index (χ4n) is 1.86. The minimum absolute atomic E-state index is 0.0640. The Labute approximate surface area is 121 Å². The molecular weight excluding hydrogens is 272 g/mol. The SMILES string of the molecule is COc1c(C)ncc(COC(=O)c2cccnc2)c1C=O. The van der Waals surface area contributed by atoms with Gasteiger partial charge in [-0.25, -0.2) is 4.79 Å². The van der Waals surface area contributed by atoms with Gasteiger partial charge in [0.25, 0.3) is 0 Å². The van der Waals surface area contributed by atoms with E-state index in [2.05, 4.69) is 9.97 Å². The van der Waals surface area contributed by atoms with Crippen molar-refractivity contribution in [1.82, 2.24) is 9.97 Å². The molecule has 2 aromatic heterocycles. The maximum absolute atomic E-state index is 11.8. The predicted molar refractivity (Wildman–Crippen MR) is 74.3 cm³/mol. The highest BCUT2D eigenvalue weighted by Crippen LogP contribution is 2.23. The Hall–Kier alpha value is -2.76. The zero-order valence-electron chi connectivity index (χ0n) is 11.7. The fourth-order valence-corrected chi connectivity index (χ4v) is 1.86. The highest BCUT2D eigenvalue weighted by Gasteiger charge is 2.15. The van der Waals surface area contributed by atoms with Gasteiger partial charge in [-0.3, -0.25) is 14.8 Å². The molecule has 0 aliphatic rings. The average molecular weight is 286 g/mol. The van der Waals surface area contributed by atoms with Gasteiger partial charge in [0.1, 0.15) is 6.61 Å². The predicted octanol–water partition coefficient (Wildman–Crippen LogP) is 1.96. The molecule has 0 unspecified atom stereocenters. The number of ether oxygens (including phenoxy) is 2. The Balaban J connectivity index is 2.17. The van der Waals surface area contributed by atoms with E-state index in [1.54, 1.807) is 25.3 Å². The summed E-state index contributed by atoms with van der Waals surface area (Å²) in [4.78, 5) is 31.0. The molecule has 0 saturated heterocycles. The monoisotopic (exact) mass is 286 g/mol. The van der Waals surface area contributed by atoms with Crippen LogP contribution >= 0.6 is 0 Å². The lowest BCUT2D eigenvalue weighted by Gasteiger charge is -2.11. The first-order valence-corrected chi connectivity index (χ1v) is 6.22. The minimum atomic E-state index is -0.514. The molecule has 108 valence electrons. The van der Waals surface area contributed by atoms with E-state index in [1.165, 1.54) is 19.5 Å². The molecule has 6 nitrogen and oxygen atoms in total. The molecule has 0 bridgehead atoms. The van der Waals surface area contributed by atoms with Gasteiger partial charge in [0.15, 0.2) is 12.0 Å². The van der Waals surface area contributed by atoms with Gasteiger partial charge < -0.3 is 9.47 Å². The standard InChI is InChI=1S/C15H14N2O4/c1-10-14(20-2)13(8-18)12(7-17-10)9-21-15(19)11-4-3-5-16-6-11/h3-8H,9H2,1-2H3. The number of aldehydes is 1. The van der Waals surface area contributed by atoms with E-state index in [4.69, 9.17) is 9.47 Å². The number of esters is 1. The maximum atomic E-state index is 11.8. The van der Waals surface area contributed by atoms with Crippen molar-refractivity contribution in [3.63, 3.8) is 0 Å². The number of hydrogen-bond donors (Lipinski definition) is 0. The second-order valence-corrected chi connectivity index (χ2v) is 4.25. The first kappa shape index (κ1) is 14.6. The third-order valence-electron chi connectivity index (χ3n) is 2.91. The lowest BCUT2D eigenvalue weighted by atomic mass is 10.1. The quantitative estimate of drug-likeness (QED) is 0.617. The van der Waals surface area contributed by atoms with Crippen molar-refractivity contribution >= 4 is 12.3 Å². The first-order chi connectivity index (χ1) is 10.2. The van der Waals surface area contributed by atoms with Gasteiger partial charge in [-0.15, -0.1) is 0 Å². The topological polar surface area (TPSA) is 78.4 Å². The second-order valence-electron chi connectivity index (χ2n) is 4.25. The number of hydrogen-bond acceptors (Lipinski definition) is 6. The number of methoxy groups -OCH3 is 1. The van der Waals surface area contributed by atoms with Crippen LogP contribution in [-0.2, 0) is 11.3 Å². The molecule has 0 radical (unpaired) electrons. The van der Waals surface area contributed by atoms with Gasteiger partial charge in [-0.2, -0.15) is 0 Å². The molecular formula is C15H14N2O4. The van der Waals surface area contributed by atoms with Crippen molar-refractivity contribution < 1.29 is 19.1 Å². The third kappa shape index (κ3) is 3.22. The summed E-state index contributed by atoms with van der Waals surface area (Å²) in [6, 6.07) is 3.24. The summed E-state index contributed by atoms with van der Waals surface area (Å²) < 4.78 is 10.3. The van der Waals surface area contributed by atoms with Gasteiger partial charge in [0.2, 0.25) is 0 Å². The minimum Gasteiger partial charge on any atom is -0.494 e. The number of pyridine rings is 2. The van der Waals surface area contributed by atoms with E-state index >= 15 is 0 Å². The molecule has 0 fully saturated rings. The number of aromatic nitrogens is 2. The molecule has 2 heterocycles. The molecule has 0 saturated carbocycles. The van der Waals surface area contributed by atoms with Gasteiger partial charge in [-0.05, 0) is 19.1 Å². The van der Waals surface area contributed by atoms with Crippen LogP contribution < -0.4 is 4.74 Å². The normalized spacial score (nSPS) is 10.0. The van der Waals surface area contributed by atoms with Crippen LogP contribution in [0.5, 0.6) is 5.75 Å². The van der Waals surface area contributed by atoms with Crippen molar-refractivity contribution in [2.45, 2.75) is 13.5 Å². The molecule has 0 aliphatic heterocycles. The molecule has 0 N–H and O–H groups in total. The Morgan fingerprint density at radius 1 is 1.38 bits per heavy atom. The number of carbonyl (C=O) groups is 2. The van der Waals surface area contributed by atoms with E-state index in [-0.39, 0.29) is 6.61 Å². The van der Waals surface area contributed by atoms with Crippen LogP contribution in [-0.4, -0.2) is 29.3 Å². The Kier molecular flexibility index (Phi) is 4.61. The average Bonchev–Trinajstić information content (AvgIpc) is 2.53. The van der Waals surface area contributed by atoms with Crippen molar-refractivity contribution in [1.29, 1.82) is 0 Å². The lowest BCUT2D eigenvalue weighted by Crippen LogP contribution is -2.08. The fraction of sp³-hybridized carbons (Fsp3) is 0.200. The molecule has 2 rings (SSSR count). The Bertz CT molecular complexity index is 656. The van der Waals surface area contributed by atoms with Gasteiger partial charge in [0.05, 0.1) is 23.9 Å². The Morgan fingerprint density at radius 2 is 2.19 bits per heavy atom. The van der Waals surface area contributed by atoms with E-state index in [0.29, 0.717) is 34.4 Å². The van der Waals surface area contributed by atoms with Crippen LogP contribution in [0.3, 0.4) is 0 Å². The molecule has 0 aliphatic carbocycles. The zero-order chi connectivity index (χ0) is 15.2. The summed E-state index contributed by atoms with van der Waals surface area (Å²) in [7, 11) is 1.46. The Morgan fingerprint density at radius 3 is 2.81 bits per heavy atom. The largest absolute Gasteiger partial charge is 0.494 e. The molecule has 2 aromatic rings. The highest BCUT2D eigenvalue weighted by molar-refractivity contribution is 5.89. The molecule has 0 aromatic carbocycles. The van der Waals surface area contributed by atoms with Gasteiger partial charge in [0, 0.05) is 24.2 Å². The van der Waals surface area contributed by atoms with E-state index < -0.39 is 5.97 Å². The van der Waals surface area contributed by atoms with E-state index in [9.17, 15) is 9.59 Å². The summed E-state index contributed by atoms with van der Waals surface area (Å²) in [6.45, 7) is 1.67. The number of rotatable bonds is 5.